The zero-order valence-electron chi connectivity index (χ0n) is 10.4. The van der Waals surface area contributed by atoms with E-state index in [0.717, 1.165) is 18.2 Å². The Labute approximate surface area is 127 Å². The highest BCUT2D eigenvalue weighted by Crippen LogP contribution is 2.28. The monoisotopic (exact) mass is 353 g/mol. The maximum atomic E-state index is 13.7. The predicted molar refractivity (Wildman–Crippen MR) is 73.1 cm³/mol. The predicted octanol–water partition coefficient (Wildman–Crippen LogP) is 4.36. The van der Waals surface area contributed by atoms with E-state index >= 15 is 0 Å². The van der Waals surface area contributed by atoms with Crippen LogP contribution in [0.2, 0.25) is 0 Å². The SMILES string of the molecule is N#CC(C(=O)c1cccc(F)c1Br)c1ccc(F)cc1F. The quantitative estimate of drug-likeness (QED) is 0.769. The number of Topliss-reactive ketones (excluding diaryl/α,β-unsaturated/α-hetero) is 1. The topological polar surface area (TPSA) is 40.9 Å². The van der Waals surface area contributed by atoms with E-state index < -0.39 is 29.2 Å². The Morgan fingerprint density at radius 1 is 1.14 bits per heavy atom. The molecule has 2 aromatic carbocycles. The molecule has 21 heavy (non-hydrogen) atoms. The molecule has 1 unspecified atom stereocenters. The van der Waals surface area contributed by atoms with Crippen molar-refractivity contribution in [2.75, 3.05) is 0 Å². The van der Waals surface area contributed by atoms with Gasteiger partial charge in [0.15, 0.2) is 5.78 Å². The Balaban J connectivity index is 2.49. The summed E-state index contributed by atoms with van der Waals surface area (Å²) >= 11 is 2.92. The number of hydrogen-bond donors (Lipinski definition) is 0. The number of carbonyl (C=O) groups excluding carboxylic acids is 1. The molecule has 6 heteroatoms. The minimum absolute atomic E-state index is 0.0784. The van der Waals surface area contributed by atoms with Crippen LogP contribution in [0.4, 0.5) is 13.2 Å². The molecule has 0 bridgehead atoms. The minimum atomic E-state index is -1.48. The lowest BCUT2D eigenvalue weighted by Crippen LogP contribution is -2.14. The normalized spacial score (nSPS) is 11.8. The van der Waals surface area contributed by atoms with Crippen molar-refractivity contribution < 1.29 is 18.0 Å². The molecule has 2 aromatic rings. The number of nitrogens with zero attached hydrogens (tertiary/aromatic N) is 1. The molecule has 0 spiro atoms. The first-order chi connectivity index (χ1) is 9.95. The molecular formula is C15H7BrF3NO. The Bertz CT molecular complexity index is 755. The fraction of sp³-hybridized carbons (Fsp3) is 0.0667. The van der Waals surface area contributed by atoms with Gasteiger partial charge in [-0.05, 0) is 34.1 Å². The fourth-order valence-corrected chi connectivity index (χ4v) is 2.31. The van der Waals surface area contributed by atoms with Gasteiger partial charge in [0, 0.05) is 17.2 Å². The summed E-state index contributed by atoms with van der Waals surface area (Å²) < 4.78 is 39.9. The standard InChI is InChI=1S/C15H7BrF3NO/c16-14-10(2-1-3-12(14)18)15(21)11(7-20)9-5-4-8(17)6-13(9)19/h1-6,11H. The molecule has 0 amide bonds. The molecule has 0 aromatic heterocycles. The van der Waals surface area contributed by atoms with Crippen LogP contribution in [-0.4, -0.2) is 5.78 Å². The molecule has 2 rings (SSSR count). The fourth-order valence-electron chi connectivity index (χ4n) is 1.85. The van der Waals surface area contributed by atoms with Gasteiger partial charge < -0.3 is 0 Å². The van der Waals surface area contributed by atoms with Gasteiger partial charge in [0.25, 0.3) is 0 Å². The molecule has 0 heterocycles. The summed E-state index contributed by atoms with van der Waals surface area (Å²) in [4.78, 5) is 12.3. The van der Waals surface area contributed by atoms with E-state index in [0.29, 0.717) is 6.07 Å². The van der Waals surface area contributed by atoms with Crippen LogP contribution in [0, 0.1) is 28.8 Å². The average molecular weight is 354 g/mol. The van der Waals surface area contributed by atoms with Gasteiger partial charge in [-0.1, -0.05) is 12.1 Å². The Morgan fingerprint density at radius 3 is 2.48 bits per heavy atom. The summed E-state index contributed by atoms with van der Waals surface area (Å²) in [5.74, 6) is -4.73. The van der Waals surface area contributed by atoms with Crippen LogP contribution in [0.5, 0.6) is 0 Å². The second-order valence-electron chi connectivity index (χ2n) is 4.19. The first kappa shape index (κ1) is 15.3. The van der Waals surface area contributed by atoms with Crippen molar-refractivity contribution in [1.29, 1.82) is 5.26 Å². The highest BCUT2D eigenvalue weighted by Gasteiger charge is 2.27. The maximum absolute atomic E-state index is 13.7. The Morgan fingerprint density at radius 2 is 1.86 bits per heavy atom. The first-order valence-corrected chi connectivity index (χ1v) is 6.57. The summed E-state index contributed by atoms with van der Waals surface area (Å²) in [7, 11) is 0. The molecule has 106 valence electrons. The first-order valence-electron chi connectivity index (χ1n) is 5.78. The van der Waals surface area contributed by atoms with Crippen molar-refractivity contribution in [3.63, 3.8) is 0 Å². The van der Waals surface area contributed by atoms with E-state index in [1.807, 2.05) is 0 Å². The second-order valence-corrected chi connectivity index (χ2v) is 4.99. The third-order valence-electron chi connectivity index (χ3n) is 2.88. The van der Waals surface area contributed by atoms with Crippen LogP contribution >= 0.6 is 15.9 Å². The number of benzene rings is 2. The van der Waals surface area contributed by atoms with Gasteiger partial charge in [0.05, 0.1) is 10.5 Å². The highest BCUT2D eigenvalue weighted by atomic mass is 79.9. The van der Waals surface area contributed by atoms with E-state index in [1.54, 1.807) is 6.07 Å². The van der Waals surface area contributed by atoms with Crippen molar-refractivity contribution in [1.82, 2.24) is 0 Å². The van der Waals surface area contributed by atoms with Crippen LogP contribution < -0.4 is 0 Å². The van der Waals surface area contributed by atoms with Crippen molar-refractivity contribution in [2.45, 2.75) is 5.92 Å². The molecule has 0 radical (unpaired) electrons. The number of ketones is 1. The smallest absolute Gasteiger partial charge is 0.185 e. The van der Waals surface area contributed by atoms with E-state index in [1.165, 1.54) is 12.1 Å². The highest BCUT2D eigenvalue weighted by molar-refractivity contribution is 9.10. The molecule has 0 aliphatic rings. The molecule has 2 nitrogen and oxygen atoms in total. The molecule has 0 N–H and O–H groups in total. The zero-order chi connectivity index (χ0) is 15.6. The van der Waals surface area contributed by atoms with E-state index in [-0.39, 0.29) is 15.6 Å². The van der Waals surface area contributed by atoms with Crippen LogP contribution in [0.1, 0.15) is 21.8 Å². The molecular weight excluding hydrogens is 347 g/mol. The van der Waals surface area contributed by atoms with Crippen molar-refractivity contribution in [3.05, 3.63) is 69.4 Å². The Hall–Kier alpha value is -2.13. The largest absolute Gasteiger partial charge is 0.292 e. The van der Waals surface area contributed by atoms with E-state index in [9.17, 15) is 18.0 Å². The maximum Gasteiger partial charge on any atom is 0.185 e. The molecule has 0 saturated heterocycles. The third-order valence-corrected chi connectivity index (χ3v) is 3.69. The van der Waals surface area contributed by atoms with Gasteiger partial charge in [0.2, 0.25) is 0 Å². The van der Waals surface area contributed by atoms with Gasteiger partial charge in [0.1, 0.15) is 23.4 Å². The average Bonchev–Trinajstić information content (AvgIpc) is 2.44. The van der Waals surface area contributed by atoms with Crippen molar-refractivity contribution >= 4 is 21.7 Å². The summed E-state index contributed by atoms with van der Waals surface area (Å²) in [6, 6.07) is 8.01. The van der Waals surface area contributed by atoms with Gasteiger partial charge in [-0.3, -0.25) is 4.79 Å². The van der Waals surface area contributed by atoms with E-state index in [4.69, 9.17) is 5.26 Å². The van der Waals surface area contributed by atoms with Crippen LogP contribution in [-0.2, 0) is 0 Å². The summed E-state index contributed by atoms with van der Waals surface area (Å²) in [5.41, 5.74) is -0.328. The molecule has 0 saturated carbocycles. The lowest BCUT2D eigenvalue weighted by molar-refractivity contribution is 0.0976. The third kappa shape index (κ3) is 2.98. The molecule has 1 atom stereocenters. The zero-order valence-corrected chi connectivity index (χ0v) is 12.0. The molecule has 0 fully saturated rings. The minimum Gasteiger partial charge on any atom is -0.292 e. The lowest BCUT2D eigenvalue weighted by Gasteiger charge is -2.11. The van der Waals surface area contributed by atoms with Gasteiger partial charge >= 0.3 is 0 Å². The van der Waals surface area contributed by atoms with E-state index in [2.05, 4.69) is 15.9 Å². The summed E-state index contributed by atoms with van der Waals surface area (Å²) in [6.07, 6.45) is 0. The van der Waals surface area contributed by atoms with Crippen LogP contribution in [0.3, 0.4) is 0 Å². The van der Waals surface area contributed by atoms with Crippen molar-refractivity contribution in [2.24, 2.45) is 0 Å². The number of nitriles is 1. The van der Waals surface area contributed by atoms with Crippen molar-refractivity contribution in [3.8, 4) is 6.07 Å². The van der Waals surface area contributed by atoms with Gasteiger partial charge in [-0.2, -0.15) is 5.26 Å². The van der Waals surface area contributed by atoms with Gasteiger partial charge in [-0.15, -0.1) is 0 Å². The molecule has 0 aliphatic heterocycles. The van der Waals surface area contributed by atoms with Gasteiger partial charge in [-0.25, -0.2) is 13.2 Å². The number of rotatable bonds is 3. The summed E-state index contributed by atoms with van der Waals surface area (Å²) in [5, 5.41) is 9.12. The molecule has 0 aliphatic carbocycles. The van der Waals surface area contributed by atoms with Crippen LogP contribution in [0.25, 0.3) is 0 Å². The number of halogens is 4. The Kier molecular flexibility index (Phi) is 4.43. The lowest BCUT2D eigenvalue weighted by atomic mass is 9.91. The second kappa shape index (κ2) is 6.10. The van der Waals surface area contributed by atoms with Crippen LogP contribution in [0.15, 0.2) is 40.9 Å². The summed E-state index contributed by atoms with van der Waals surface area (Å²) in [6.45, 7) is 0. The number of hydrogen-bond acceptors (Lipinski definition) is 2. The number of carbonyl (C=O) groups is 1.